The van der Waals surface area contributed by atoms with Crippen LogP contribution in [0.3, 0.4) is 0 Å². The number of carboxylic acids is 1. The monoisotopic (exact) mass is 356 g/mol. The van der Waals surface area contributed by atoms with E-state index in [-0.39, 0.29) is 36.5 Å². The molecule has 9 heteroatoms. The van der Waals surface area contributed by atoms with Crippen molar-refractivity contribution >= 4 is 21.9 Å². The minimum atomic E-state index is -3.62. The van der Waals surface area contributed by atoms with E-state index in [1.165, 1.54) is 29.2 Å². The summed E-state index contributed by atoms with van der Waals surface area (Å²) >= 11 is 0. The molecule has 1 aromatic rings. The quantitative estimate of drug-likeness (QED) is 0.784. The number of hydrogen-bond acceptors (Lipinski definition) is 5. The summed E-state index contributed by atoms with van der Waals surface area (Å²) < 4.78 is 31.6. The van der Waals surface area contributed by atoms with Crippen LogP contribution >= 0.6 is 0 Å². The molecule has 8 nitrogen and oxygen atoms in total. The minimum Gasteiger partial charge on any atom is -0.479 e. The highest BCUT2D eigenvalue weighted by atomic mass is 32.2. The average molecular weight is 356 g/mol. The molecule has 0 spiro atoms. The van der Waals surface area contributed by atoms with Gasteiger partial charge in [0.25, 0.3) is 5.91 Å². The van der Waals surface area contributed by atoms with Crippen LogP contribution in [-0.2, 0) is 19.6 Å². The molecule has 0 radical (unpaired) electrons. The predicted octanol–water partition coefficient (Wildman–Crippen LogP) is 0.299. The molecule has 1 unspecified atom stereocenters. The van der Waals surface area contributed by atoms with E-state index in [1.807, 2.05) is 0 Å². The molecule has 1 aliphatic heterocycles. The highest BCUT2D eigenvalue weighted by Gasteiger charge is 2.29. The molecule has 132 valence electrons. The third-order valence-electron chi connectivity index (χ3n) is 3.43. The van der Waals surface area contributed by atoms with E-state index in [9.17, 15) is 18.0 Å². The fourth-order valence-corrected chi connectivity index (χ4v) is 3.57. The van der Waals surface area contributed by atoms with Crippen LogP contribution < -0.4 is 4.72 Å². The largest absolute Gasteiger partial charge is 0.479 e. The summed E-state index contributed by atoms with van der Waals surface area (Å²) in [7, 11) is -3.62. The highest BCUT2D eigenvalue weighted by Crippen LogP contribution is 2.15. The van der Waals surface area contributed by atoms with Gasteiger partial charge in [0.1, 0.15) is 0 Å². The zero-order valence-electron chi connectivity index (χ0n) is 13.4. The molecular weight excluding hydrogens is 336 g/mol. The van der Waals surface area contributed by atoms with Crippen LogP contribution in [0.2, 0.25) is 0 Å². The van der Waals surface area contributed by atoms with E-state index >= 15 is 0 Å². The molecule has 1 atom stereocenters. The standard InChI is InChI=1S/C15H20N2O6S/c1-10(2)16-24(21,22)12-5-3-11(4-6-12)14(18)17-7-8-23-13(9-17)15(19)20/h3-6,10,13,16H,7-9H2,1-2H3,(H,19,20). The number of carbonyl (C=O) groups is 2. The lowest BCUT2D eigenvalue weighted by Crippen LogP contribution is -2.48. The van der Waals surface area contributed by atoms with Crippen molar-refractivity contribution in [1.29, 1.82) is 0 Å². The number of aliphatic carboxylic acids is 1. The Morgan fingerprint density at radius 3 is 2.46 bits per heavy atom. The van der Waals surface area contributed by atoms with Crippen molar-refractivity contribution in [2.45, 2.75) is 30.9 Å². The first-order valence-corrected chi connectivity index (χ1v) is 8.95. The fraction of sp³-hybridized carbons (Fsp3) is 0.467. The van der Waals surface area contributed by atoms with E-state index in [2.05, 4.69) is 4.72 Å². The van der Waals surface area contributed by atoms with E-state index < -0.39 is 22.1 Å². The maximum atomic E-state index is 12.4. The first-order valence-electron chi connectivity index (χ1n) is 7.47. The third-order valence-corrected chi connectivity index (χ3v) is 5.11. The molecule has 0 aliphatic carbocycles. The van der Waals surface area contributed by atoms with E-state index in [0.717, 1.165) is 0 Å². The molecule has 1 amide bonds. The Labute approximate surface area is 140 Å². The zero-order valence-corrected chi connectivity index (χ0v) is 14.2. The molecule has 1 heterocycles. The van der Waals surface area contributed by atoms with Crippen molar-refractivity contribution in [1.82, 2.24) is 9.62 Å². The second-order valence-electron chi connectivity index (χ2n) is 5.75. The molecule has 1 aliphatic rings. The van der Waals surface area contributed by atoms with Crippen LogP contribution in [0.15, 0.2) is 29.2 Å². The summed E-state index contributed by atoms with van der Waals surface area (Å²) in [5, 5.41) is 8.97. The van der Waals surface area contributed by atoms with Crippen LogP contribution in [0.4, 0.5) is 0 Å². The lowest BCUT2D eigenvalue weighted by Gasteiger charge is -2.30. The Bertz CT molecular complexity index is 714. The lowest BCUT2D eigenvalue weighted by molar-refractivity contribution is -0.154. The van der Waals surface area contributed by atoms with Crippen molar-refractivity contribution in [3.63, 3.8) is 0 Å². The second kappa shape index (κ2) is 7.29. The first-order chi connectivity index (χ1) is 11.2. The number of nitrogens with one attached hydrogen (secondary N) is 1. The SMILES string of the molecule is CC(C)NS(=O)(=O)c1ccc(C(=O)N2CCOC(C(=O)O)C2)cc1. The topological polar surface area (TPSA) is 113 Å². The third kappa shape index (κ3) is 4.31. The second-order valence-corrected chi connectivity index (χ2v) is 7.46. The number of morpholine rings is 1. The summed E-state index contributed by atoms with van der Waals surface area (Å²) in [5.41, 5.74) is 0.296. The molecule has 0 saturated carbocycles. The van der Waals surface area contributed by atoms with Crippen molar-refractivity contribution in [2.24, 2.45) is 0 Å². The van der Waals surface area contributed by atoms with Gasteiger partial charge in [0.05, 0.1) is 18.0 Å². The van der Waals surface area contributed by atoms with Crippen LogP contribution in [0.5, 0.6) is 0 Å². The number of ether oxygens (including phenoxy) is 1. The van der Waals surface area contributed by atoms with Crippen molar-refractivity contribution in [3.05, 3.63) is 29.8 Å². The van der Waals surface area contributed by atoms with Gasteiger partial charge < -0.3 is 14.7 Å². The summed E-state index contributed by atoms with van der Waals surface area (Å²) in [6.07, 6.45) is -1.04. The van der Waals surface area contributed by atoms with Gasteiger partial charge in [-0.2, -0.15) is 0 Å². The Balaban J connectivity index is 2.13. The van der Waals surface area contributed by atoms with Gasteiger partial charge >= 0.3 is 5.97 Å². The van der Waals surface area contributed by atoms with Crippen LogP contribution in [0, 0.1) is 0 Å². The van der Waals surface area contributed by atoms with Gasteiger partial charge in [-0.25, -0.2) is 17.9 Å². The molecule has 24 heavy (non-hydrogen) atoms. The smallest absolute Gasteiger partial charge is 0.334 e. The van der Waals surface area contributed by atoms with Crippen molar-refractivity contribution in [2.75, 3.05) is 19.7 Å². The molecule has 0 aromatic heterocycles. The molecule has 1 fully saturated rings. The summed E-state index contributed by atoms with van der Waals surface area (Å²) in [6.45, 7) is 3.83. The van der Waals surface area contributed by atoms with Crippen LogP contribution in [-0.4, -0.2) is 62.1 Å². The van der Waals surface area contributed by atoms with Gasteiger partial charge in [0.15, 0.2) is 6.10 Å². The molecule has 0 bridgehead atoms. The molecular formula is C15H20N2O6S. The van der Waals surface area contributed by atoms with Gasteiger partial charge in [0.2, 0.25) is 10.0 Å². The Morgan fingerprint density at radius 2 is 1.92 bits per heavy atom. The summed E-state index contributed by atoms with van der Waals surface area (Å²) in [5.74, 6) is -1.47. The van der Waals surface area contributed by atoms with Gasteiger partial charge in [0, 0.05) is 18.2 Å². The number of nitrogens with zero attached hydrogens (tertiary/aromatic N) is 1. The molecule has 2 rings (SSSR count). The lowest BCUT2D eigenvalue weighted by atomic mass is 10.1. The number of rotatable bonds is 5. The number of amides is 1. The molecule has 2 N–H and O–H groups in total. The van der Waals surface area contributed by atoms with E-state index in [0.29, 0.717) is 5.56 Å². The normalized spacial score (nSPS) is 18.6. The molecule has 1 saturated heterocycles. The van der Waals surface area contributed by atoms with E-state index in [1.54, 1.807) is 13.8 Å². The number of sulfonamides is 1. The Hall–Kier alpha value is -1.97. The average Bonchev–Trinajstić information content (AvgIpc) is 2.53. The van der Waals surface area contributed by atoms with Gasteiger partial charge in [-0.3, -0.25) is 4.79 Å². The number of hydrogen-bond donors (Lipinski definition) is 2. The fourth-order valence-electron chi connectivity index (χ4n) is 2.32. The maximum absolute atomic E-state index is 12.4. The number of benzene rings is 1. The first kappa shape index (κ1) is 18.4. The highest BCUT2D eigenvalue weighted by molar-refractivity contribution is 7.89. The number of carbonyl (C=O) groups excluding carboxylic acids is 1. The predicted molar refractivity (Wildman–Crippen MR) is 85.2 cm³/mol. The van der Waals surface area contributed by atoms with Gasteiger partial charge in [-0.1, -0.05) is 0 Å². The summed E-state index contributed by atoms with van der Waals surface area (Å²) in [6, 6.07) is 5.31. The van der Waals surface area contributed by atoms with E-state index in [4.69, 9.17) is 9.84 Å². The van der Waals surface area contributed by atoms with Crippen molar-refractivity contribution < 1.29 is 27.9 Å². The summed E-state index contributed by atoms with van der Waals surface area (Å²) in [4.78, 5) is 24.8. The maximum Gasteiger partial charge on any atom is 0.334 e. The number of carboxylic acid groups (broad SMARTS) is 1. The Kier molecular flexibility index (Phi) is 5.58. The molecule has 1 aromatic carbocycles. The Morgan fingerprint density at radius 1 is 1.29 bits per heavy atom. The zero-order chi connectivity index (χ0) is 17.9. The minimum absolute atomic E-state index is 0.0386. The van der Waals surface area contributed by atoms with Gasteiger partial charge in [-0.05, 0) is 38.1 Å². The van der Waals surface area contributed by atoms with Crippen LogP contribution in [0.25, 0.3) is 0 Å². The van der Waals surface area contributed by atoms with Crippen LogP contribution in [0.1, 0.15) is 24.2 Å². The van der Waals surface area contributed by atoms with Gasteiger partial charge in [-0.15, -0.1) is 0 Å². The van der Waals surface area contributed by atoms with Crippen molar-refractivity contribution in [3.8, 4) is 0 Å².